The summed E-state index contributed by atoms with van der Waals surface area (Å²) in [5.41, 5.74) is 1.12. The Morgan fingerprint density at radius 1 is 1.21 bits per heavy atom. The van der Waals surface area contributed by atoms with Crippen LogP contribution in [0.25, 0.3) is 0 Å². The quantitative estimate of drug-likeness (QED) is 0.386. The van der Waals surface area contributed by atoms with Gasteiger partial charge >= 0.3 is 0 Å². The Labute approximate surface area is 136 Å². The van der Waals surface area contributed by atoms with Gasteiger partial charge in [0.05, 0.1) is 10.6 Å². The standard InChI is InChI=1S/C14H11FN2O3.C2H4O2/c15-12-7-5-10(6-8-12)13(16-18)9-11-3-1-2-4-14(11)17(19)20;1-2(3)4/h1-8,18H,9H2;1H3,(H,3,4)/b16-13-;. The van der Waals surface area contributed by atoms with Gasteiger partial charge in [-0.05, 0) is 17.7 Å². The molecule has 0 radical (unpaired) electrons. The minimum atomic E-state index is -0.833. The van der Waals surface area contributed by atoms with Gasteiger partial charge in [-0.1, -0.05) is 35.5 Å². The zero-order valence-corrected chi connectivity index (χ0v) is 12.7. The van der Waals surface area contributed by atoms with Crippen molar-refractivity contribution in [1.29, 1.82) is 0 Å². The molecule has 0 bridgehead atoms. The number of carboxylic acid groups (broad SMARTS) is 1. The van der Waals surface area contributed by atoms with Crippen molar-refractivity contribution < 1.29 is 24.4 Å². The number of nitro benzene ring substituents is 1. The molecule has 7 nitrogen and oxygen atoms in total. The number of nitrogens with zero attached hydrogens (tertiary/aromatic N) is 2. The second kappa shape index (κ2) is 8.99. The molecule has 0 aliphatic heterocycles. The molecule has 2 aromatic rings. The number of halogens is 1. The molecule has 2 rings (SSSR count). The van der Waals surface area contributed by atoms with Gasteiger partial charge < -0.3 is 10.3 Å². The van der Waals surface area contributed by atoms with Gasteiger partial charge in [0.2, 0.25) is 0 Å². The van der Waals surface area contributed by atoms with Gasteiger partial charge in [0.1, 0.15) is 5.82 Å². The van der Waals surface area contributed by atoms with Crippen molar-refractivity contribution in [2.24, 2.45) is 5.16 Å². The molecule has 0 spiro atoms. The monoisotopic (exact) mass is 334 g/mol. The summed E-state index contributed by atoms with van der Waals surface area (Å²) in [4.78, 5) is 19.4. The highest BCUT2D eigenvalue weighted by Crippen LogP contribution is 2.20. The molecule has 0 saturated heterocycles. The topological polar surface area (TPSA) is 113 Å². The van der Waals surface area contributed by atoms with Crippen molar-refractivity contribution in [2.45, 2.75) is 13.3 Å². The molecule has 0 amide bonds. The summed E-state index contributed by atoms with van der Waals surface area (Å²) in [6.07, 6.45) is 0.0826. The van der Waals surface area contributed by atoms with E-state index in [0.29, 0.717) is 11.1 Å². The Hall–Kier alpha value is -3.29. The molecule has 0 atom stereocenters. The Bertz CT molecular complexity index is 740. The summed E-state index contributed by atoms with van der Waals surface area (Å²) in [5.74, 6) is -1.24. The number of rotatable bonds is 4. The minimum Gasteiger partial charge on any atom is -0.481 e. The van der Waals surface area contributed by atoms with Crippen LogP contribution < -0.4 is 0 Å². The molecule has 0 aliphatic carbocycles. The van der Waals surface area contributed by atoms with Crippen molar-refractivity contribution in [2.75, 3.05) is 0 Å². The second-order valence-corrected chi connectivity index (χ2v) is 4.64. The average Bonchev–Trinajstić information content (AvgIpc) is 2.53. The van der Waals surface area contributed by atoms with E-state index in [0.717, 1.165) is 6.92 Å². The maximum Gasteiger partial charge on any atom is 0.300 e. The normalized spacial score (nSPS) is 10.5. The lowest BCUT2D eigenvalue weighted by molar-refractivity contribution is -0.385. The molecule has 24 heavy (non-hydrogen) atoms. The number of hydrogen-bond acceptors (Lipinski definition) is 5. The Kier molecular flexibility index (Phi) is 7.02. The number of benzene rings is 2. The molecular formula is C16H15FN2O5. The first-order valence-corrected chi connectivity index (χ1v) is 6.73. The number of oxime groups is 1. The van der Waals surface area contributed by atoms with E-state index in [1.54, 1.807) is 18.2 Å². The van der Waals surface area contributed by atoms with Gasteiger partial charge in [-0.15, -0.1) is 0 Å². The van der Waals surface area contributed by atoms with Crippen molar-refractivity contribution in [1.82, 2.24) is 0 Å². The fourth-order valence-electron chi connectivity index (χ4n) is 1.86. The Morgan fingerprint density at radius 3 is 2.25 bits per heavy atom. The average molecular weight is 334 g/mol. The summed E-state index contributed by atoms with van der Waals surface area (Å²) in [6, 6.07) is 11.6. The molecule has 126 valence electrons. The molecule has 0 aliphatic rings. The highest BCUT2D eigenvalue weighted by Gasteiger charge is 2.15. The lowest BCUT2D eigenvalue weighted by Gasteiger charge is -2.05. The van der Waals surface area contributed by atoms with E-state index < -0.39 is 16.7 Å². The van der Waals surface area contributed by atoms with E-state index in [2.05, 4.69) is 5.16 Å². The van der Waals surface area contributed by atoms with E-state index in [1.165, 1.54) is 30.3 Å². The lowest BCUT2D eigenvalue weighted by atomic mass is 10.0. The molecule has 0 fully saturated rings. The summed E-state index contributed by atoms with van der Waals surface area (Å²) >= 11 is 0. The highest BCUT2D eigenvalue weighted by atomic mass is 19.1. The van der Waals surface area contributed by atoms with Crippen LogP contribution in [0.1, 0.15) is 18.1 Å². The third-order valence-corrected chi connectivity index (χ3v) is 2.84. The third-order valence-electron chi connectivity index (χ3n) is 2.84. The zero-order valence-electron chi connectivity index (χ0n) is 12.7. The molecule has 0 heterocycles. The number of carbonyl (C=O) groups is 1. The molecule has 0 saturated carbocycles. The van der Waals surface area contributed by atoms with Crippen LogP contribution in [-0.4, -0.2) is 26.9 Å². The summed E-state index contributed by atoms with van der Waals surface area (Å²) < 4.78 is 12.9. The first-order valence-electron chi connectivity index (χ1n) is 6.73. The van der Waals surface area contributed by atoms with Gasteiger partial charge in [-0.2, -0.15) is 0 Å². The predicted molar refractivity (Wildman–Crippen MR) is 84.8 cm³/mol. The molecular weight excluding hydrogens is 319 g/mol. The fraction of sp³-hybridized carbons (Fsp3) is 0.125. The first-order chi connectivity index (χ1) is 11.3. The van der Waals surface area contributed by atoms with Crippen LogP contribution in [0.4, 0.5) is 10.1 Å². The lowest BCUT2D eigenvalue weighted by Crippen LogP contribution is -2.07. The predicted octanol–water partition coefficient (Wildman–Crippen LogP) is 3.25. The largest absolute Gasteiger partial charge is 0.481 e. The second-order valence-electron chi connectivity index (χ2n) is 4.64. The van der Waals surface area contributed by atoms with Crippen molar-refractivity contribution >= 4 is 17.4 Å². The zero-order chi connectivity index (χ0) is 18.1. The van der Waals surface area contributed by atoms with Crippen LogP contribution in [0.2, 0.25) is 0 Å². The summed E-state index contributed by atoms with van der Waals surface area (Å²) in [7, 11) is 0. The van der Waals surface area contributed by atoms with Crippen molar-refractivity contribution in [3.8, 4) is 0 Å². The van der Waals surface area contributed by atoms with Crippen LogP contribution in [0.3, 0.4) is 0 Å². The molecule has 2 N–H and O–H groups in total. The summed E-state index contributed by atoms with van der Waals surface area (Å²) in [6.45, 7) is 1.08. The van der Waals surface area contributed by atoms with Crippen LogP contribution in [0.15, 0.2) is 53.7 Å². The van der Waals surface area contributed by atoms with E-state index in [4.69, 9.17) is 15.1 Å². The van der Waals surface area contributed by atoms with Crippen LogP contribution in [-0.2, 0) is 11.2 Å². The fourth-order valence-corrected chi connectivity index (χ4v) is 1.86. The van der Waals surface area contributed by atoms with Gasteiger partial charge in [-0.3, -0.25) is 14.9 Å². The van der Waals surface area contributed by atoms with Gasteiger partial charge in [-0.25, -0.2) is 4.39 Å². The number of hydrogen-bond donors (Lipinski definition) is 2. The molecule has 0 unspecified atom stereocenters. The summed E-state index contributed by atoms with van der Waals surface area (Å²) in [5, 5.41) is 30.6. The Balaban J connectivity index is 0.000000648. The van der Waals surface area contributed by atoms with E-state index >= 15 is 0 Å². The van der Waals surface area contributed by atoms with Crippen molar-refractivity contribution in [3.05, 3.63) is 75.6 Å². The number of nitro groups is 1. The molecule has 0 aromatic heterocycles. The van der Waals surface area contributed by atoms with Gasteiger partial charge in [0.25, 0.3) is 11.7 Å². The van der Waals surface area contributed by atoms with E-state index in [-0.39, 0.29) is 17.8 Å². The number of para-hydroxylation sites is 1. The Morgan fingerprint density at radius 2 is 1.75 bits per heavy atom. The van der Waals surface area contributed by atoms with Crippen molar-refractivity contribution in [3.63, 3.8) is 0 Å². The van der Waals surface area contributed by atoms with Crippen LogP contribution in [0.5, 0.6) is 0 Å². The first kappa shape index (κ1) is 18.8. The molecule has 2 aromatic carbocycles. The third kappa shape index (κ3) is 5.84. The van der Waals surface area contributed by atoms with Gasteiger partial charge in [0.15, 0.2) is 0 Å². The SMILES string of the molecule is CC(=O)O.O=[N+]([O-])c1ccccc1C/C(=N/O)c1ccc(F)cc1. The number of carboxylic acids is 1. The van der Waals surface area contributed by atoms with Crippen LogP contribution >= 0.6 is 0 Å². The molecule has 8 heteroatoms. The number of aliphatic carboxylic acids is 1. The maximum absolute atomic E-state index is 12.9. The van der Waals surface area contributed by atoms with Crippen LogP contribution in [0, 0.1) is 15.9 Å². The van der Waals surface area contributed by atoms with Gasteiger partial charge in [0, 0.05) is 25.0 Å². The smallest absolute Gasteiger partial charge is 0.300 e. The highest BCUT2D eigenvalue weighted by molar-refractivity contribution is 6.01. The van der Waals surface area contributed by atoms with E-state index in [9.17, 15) is 14.5 Å². The minimum absolute atomic E-state index is 0.0456. The van der Waals surface area contributed by atoms with E-state index in [1.807, 2.05) is 0 Å². The maximum atomic E-state index is 12.9.